The molecule has 1 amide bonds. The number of hydrogen-bond acceptors (Lipinski definition) is 4. The van der Waals surface area contributed by atoms with Gasteiger partial charge < -0.3 is 10.2 Å². The highest BCUT2D eigenvalue weighted by atomic mass is 16.6. The van der Waals surface area contributed by atoms with Crippen molar-refractivity contribution in [2.45, 2.75) is 19.8 Å². The van der Waals surface area contributed by atoms with Gasteiger partial charge in [0.25, 0.3) is 11.6 Å². The number of carbonyl (C=O) groups is 1. The van der Waals surface area contributed by atoms with Gasteiger partial charge in [0.15, 0.2) is 0 Å². The molecule has 6 nitrogen and oxygen atoms in total. The zero-order valence-corrected chi connectivity index (χ0v) is 12.5. The Bertz CT molecular complexity index is 537. The topological polar surface area (TPSA) is 75.5 Å². The van der Waals surface area contributed by atoms with Gasteiger partial charge in [0.05, 0.1) is 4.92 Å². The van der Waals surface area contributed by atoms with E-state index in [-0.39, 0.29) is 11.6 Å². The number of nitrogens with one attached hydrogen (secondary N) is 1. The smallest absolute Gasteiger partial charge is 0.273 e. The van der Waals surface area contributed by atoms with E-state index in [1.807, 2.05) is 7.05 Å². The predicted octanol–water partition coefficient (Wildman–Crippen LogP) is 1.97. The first-order valence-electron chi connectivity index (χ1n) is 7.22. The summed E-state index contributed by atoms with van der Waals surface area (Å²) >= 11 is 0. The van der Waals surface area contributed by atoms with Crippen molar-refractivity contribution in [3.63, 3.8) is 0 Å². The Morgan fingerprint density at radius 1 is 1.43 bits per heavy atom. The summed E-state index contributed by atoms with van der Waals surface area (Å²) in [4.78, 5) is 24.9. The Morgan fingerprint density at radius 3 is 2.67 bits per heavy atom. The lowest BCUT2D eigenvalue weighted by molar-refractivity contribution is -0.385. The van der Waals surface area contributed by atoms with E-state index in [4.69, 9.17) is 0 Å². The van der Waals surface area contributed by atoms with Crippen molar-refractivity contribution in [1.29, 1.82) is 0 Å². The summed E-state index contributed by atoms with van der Waals surface area (Å²) in [5.74, 6) is 0.504. The first kappa shape index (κ1) is 15.4. The Morgan fingerprint density at radius 2 is 2.10 bits per heavy atom. The van der Waals surface area contributed by atoms with Gasteiger partial charge in [-0.2, -0.15) is 0 Å². The molecule has 0 atom stereocenters. The molecule has 0 bridgehead atoms. The molecule has 1 saturated heterocycles. The summed E-state index contributed by atoms with van der Waals surface area (Å²) < 4.78 is 0. The maximum atomic E-state index is 12.5. The lowest BCUT2D eigenvalue weighted by Crippen LogP contribution is -2.40. The molecule has 1 N–H and O–H groups in total. The summed E-state index contributed by atoms with van der Waals surface area (Å²) in [7, 11) is 1.93. The molecule has 0 saturated carbocycles. The fraction of sp³-hybridized carbons (Fsp3) is 0.533. The second kappa shape index (κ2) is 6.67. The van der Waals surface area contributed by atoms with E-state index in [1.54, 1.807) is 24.0 Å². The highest BCUT2D eigenvalue weighted by molar-refractivity contribution is 5.96. The highest BCUT2D eigenvalue weighted by Crippen LogP contribution is 2.24. The normalized spacial score (nSPS) is 16.0. The third kappa shape index (κ3) is 3.39. The maximum Gasteiger partial charge on any atom is 0.273 e. The van der Waals surface area contributed by atoms with E-state index in [0.717, 1.165) is 19.4 Å². The summed E-state index contributed by atoms with van der Waals surface area (Å²) in [6.07, 6.45) is 1.95. The van der Waals surface area contributed by atoms with Crippen LogP contribution in [0.2, 0.25) is 0 Å². The molecule has 1 aromatic carbocycles. The minimum Gasteiger partial charge on any atom is -0.339 e. The molecular formula is C15H21N3O3. The molecule has 0 spiro atoms. The van der Waals surface area contributed by atoms with Gasteiger partial charge in [-0.3, -0.25) is 14.9 Å². The van der Waals surface area contributed by atoms with E-state index < -0.39 is 4.92 Å². The quantitative estimate of drug-likeness (QED) is 0.680. The molecule has 1 aliphatic rings. The average Bonchev–Trinajstić information content (AvgIpc) is 2.47. The fourth-order valence-corrected chi connectivity index (χ4v) is 2.85. The van der Waals surface area contributed by atoms with Gasteiger partial charge in [0.1, 0.15) is 0 Å². The lowest BCUT2D eigenvalue weighted by Gasteiger charge is -2.32. The van der Waals surface area contributed by atoms with Crippen LogP contribution in [0.5, 0.6) is 0 Å². The molecular weight excluding hydrogens is 270 g/mol. The number of benzene rings is 1. The molecule has 0 aromatic heterocycles. The minimum atomic E-state index is -0.439. The lowest BCUT2D eigenvalue weighted by atomic mass is 9.96. The second-order valence-electron chi connectivity index (χ2n) is 5.50. The van der Waals surface area contributed by atoms with Gasteiger partial charge in [-0.05, 0) is 45.3 Å². The number of nitrogens with zero attached hydrogens (tertiary/aromatic N) is 2. The summed E-state index contributed by atoms with van der Waals surface area (Å²) in [5, 5.41) is 14.1. The van der Waals surface area contributed by atoms with Crippen LogP contribution in [-0.2, 0) is 0 Å². The van der Waals surface area contributed by atoms with Crippen molar-refractivity contribution in [2.24, 2.45) is 5.92 Å². The van der Waals surface area contributed by atoms with E-state index in [0.29, 0.717) is 30.1 Å². The van der Waals surface area contributed by atoms with Crippen LogP contribution in [0.4, 0.5) is 5.69 Å². The molecule has 1 heterocycles. The molecule has 0 unspecified atom stereocenters. The third-order valence-electron chi connectivity index (χ3n) is 4.13. The van der Waals surface area contributed by atoms with Crippen molar-refractivity contribution < 1.29 is 9.72 Å². The van der Waals surface area contributed by atoms with Crippen molar-refractivity contribution in [1.82, 2.24) is 10.2 Å². The second-order valence-corrected chi connectivity index (χ2v) is 5.50. The predicted molar refractivity (Wildman–Crippen MR) is 80.4 cm³/mol. The van der Waals surface area contributed by atoms with Crippen LogP contribution in [0.15, 0.2) is 18.2 Å². The van der Waals surface area contributed by atoms with E-state index in [2.05, 4.69) is 5.32 Å². The van der Waals surface area contributed by atoms with Crippen LogP contribution >= 0.6 is 0 Å². The number of carbonyl (C=O) groups excluding carboxylic acids is 1. The first-order chi connectivity index (χ1) is 10.0. The highest BCUT2D eigenvalue weighted by Gasteiger charge is 2.26. The van der Waals surface area contributed by atoms with Crippen LogP contribution in [0, 0.1) is 23.0 Å². The monoisotopic (exact) mass is 291 g/mol. The van der Waals surface area contributed by atoms with Crippen LogP contribution in [0.1, 0.15) is 28.8 Å². The summed E-state index contributed by atoms with van der Waals surface area (Å²) in [6.45, 7) is 4.04. The van der Waals surface area contributed by atoms with Crippen molar-refractivity contribution in [2.75, 3.05) is 26.7 Å². The molecule has 2 rings (SSSR count). The van der Waals surface area contributed by atoms with Crippen molar-refractivity contribution >= 4 is 11.6 Å². The van der Waals surface area contributed by atoms with Crippen LogP contribution in [0.3, 0.4) is 0 Å². The Kier molecular flexibility index (Phi) is 4.90. The van der Waals surface area contributed by atoms with E-state index in [1.165, 1.54) is 6.07 Å². The Balaban J connectivity index is 2.11. The number of nitro benzene ring substituents is 1. The zero-order chi connectivity index (χ0) is 15.4. The first-order valence-corrected chi connectivity index (χ1v) is 7.22. The summed E-state index contributed by atoms with van der Waals surface area (Å²) in [6, 6.07) is 4.68. The molecule has 1 aliphatic heterocycles. The Hall–Kier alpha value is -1.95. The average molecular weight is 291 g/mol. The molecule has 6 heteroatoms. The maximum absolute atomic E-state index is 12.5. The molecule has 0 radical (unpaired) electrons. The molecule has 114 valence electrons. The van der Waals surface area contributed by atoms with Crippen LogP contribution < -0.4 is 5.32 Å². The zero-order valence-electron chi connectivity index (χ0n) is 12.5. The molecule has 0 aliphatic carbocycles. The molecule has 21 heavy (non-hydrogen) atoms. The van der Waals surface area contributed by atoms with Crippen LogP contribution in [-0.4, -0.2) is 42.4 Å². The number of piperidine rings is 1. The number of likely N-dealkylation sites (tertiary alicyclic amines) is 1. The van der Waals surface area contributed by atoms with Gasteiger partial charge in [0, 0.05) is 30.3 Å². The minimum absolute atomic E-state index is 0.00548. The van der Waals surface area contributed by atoms with Gasteiger partial charge in [-0.25, -0.2) is 0 Å². The van der Waals surface area contributed by atoms with Gasteiger partial charge in [0.2, 0.25) is 0 Å². The fourth-order valence-electron chi connectivity index (χ4n) is 2.85. The van der Waals surface area contributed by atoms with Gasteiger partial charge in [-0.1, -0.05) is 6.07 Å². The molecule has 1 fully saturated rings. The molecule has 1 aromatic rings. The summed E-state index contributed by atoms with van der Waals surface area (Å²) in [5.41, 5.74) is 0.895. The number of hydrogen-bond donors (Lipinski definition) is 1. The van der Waals surface area contributed by atoms with E-state index in [9.17, 15) is 14.9 Å². The van der Waals surface area contributed by atoms with Crippen molar-refractivity contribution in [3.8, 4) is 0 Å². The van der Waals surface area contributed by atoms with E-state index >= 15 is 0 Å². The number of amides is 1. The number of nitro groups is 1. The SMILES string of the molecule is CNCC1CCN(C(=O)c2cccc([N+](=O)[O-])c2C)CC1. The Labute approximate surface area is 124 Å². The van der Waals surface area contributed by atoms with Crippen molar-refractivity contribution in [3.05, 3.63) is 39.4 Å². The largest absolute Gasteiger partial charge is 0.339 e. The van der Waals surface area contributed by atoms with Gasteiger partial charge >= 0.3 is 0 Å². The number of rotatable bonds is 4. The van der Waals surface area contributed by atoms with Gasteiger partial charge in [-0.15, -0.1) is 0 Å². The van der Waals surface area contributed by atoms with Crippen LogP contribution in [0.25, 0.3) is 0 Å². The third-order valence-corrected chi connectivity index (χ3v) is 4.13. The standard InChI is InChI=1S/C15H21N3O3/c1-11-13(4-3-5-14(11)18(20)21)15(19)17-8-6-12(7-9-17)10-16-2/h3-5,12,16H,6-10H2,1-2H3.